The highest BCUT2D eigenvalue weighted by Gasteiger charge is 2.43. The summed E-state index contributed by atoms with van der Waals surface area (Å²) in [6, 6.07) is 0.371. The quantitative estimate of drug-likeness (QED) is 0.472. The maximum Gasteiger partial charge on any atom is 0.252 e. The van der Waals surface area contributed by atoms with Crippen molar-refractivity contribution in [3.8, 4) is 0 Å². The van der Waals surface area contributed by atoms with Crippen molar-refractivity contribution in [2.75, 3.05) is 6.54 Å². The molecule has 110 valence electrons. The van der Waals surface area contributed by atoms with E-state index in [1.165, 1.54) is 25.7 Å². The fourth-order valence-electron chi connectivity index (χ4n) is 3.11. The molecule has 0 radical (unpaired) electrons. The zero-order chi connectivity index (χ0) is 13.7. The summed E-state index contributed by atoms with van der Waals surface area (Å²) in [6.45, 7) is 0.151. The van der Waals surface area contributed by atoms with Crippen LogP contribution in [0.25, 0.3) is 0 Å². The van der Waals surface area contributed by atoms with E-state index in [4.69, 9.17) is 5.73 Å². The topological polar surface area (TPSA) is 50.4 Å². The summed E-state index contributed by atoms with van der Waals surface area (Å²) in [6.07, 6.45) is 8.37. The molecular formula is C14H25F2N3. The SMILES string of the molecule is NC(=NCC1CCCC1(F)F)NC1CCCCCC1. The zero-order valence-electron chi connectivity index (χ0n) is 11.5. The van der Waals surface area contributed by atoms with Crippen LogP contribution >= 0.6 is 0 Å². The van der Waals surface area contributed by atoms with Gasteiger partial charge < -0.3 is 11.1 Å². The molecule has 0 saturated heterocycles. The fourth-order valence-corrected chi connectivity index (χ4v) is 3.11. The minimum atomic E-state index is -2.55. The maximum atomic E-state index is 13.4. The number of nitrogens with zero attached hydrogens (tertiary/aromatic N) is 1. The molecule has 2 rings (SSSR count). The number of nitrogens with two attached hydrogens (primary N) is 1. The summed E-state index contributed by atoms with van der Waals surface area (Å²) < 4.78 is 26.9. The van der Waals surface area contributed by atoms with E-state index < -0.39 is 11.8 Å². The van der Waals surface area contributed by atoms with Crippen molar-refractivity contribution in [1.82, 2.24) is 5.32 Å². The van der Waals surface area contributed by atoms with Crippen LogP contribution < -0.4 is 11.1 Å². The minimum absolute atomic E-state index is 0.00312. The molecule has 2 aliphatic rings. The van der Waals surface area contributed by atoms with Gasteiger partial charge in [-0.05, 0) is 25.7 Å². The summed E-state index contributed by atoms with van der Waals surface area (Å²) in [5, 5.41) is 3.19. The predicted octanol–water partition coefficient (Wildman–Crippen LogP) is 3.05. The number of guanidine groups is 1. The van der Waals surface area contributed by atoms with E-state index in [1.54, 1.807) is 0 Å². The third kappa shape index (κ3) is 4.32. The van der Waals surface area contributed by atoms with E-state index in [2.05, 4.69) is 10.3 Å². The van der Waals surface area contributed by atoms with Crippen molar-refractivity contribution < 1.29 is 8.78 Å². The number of aliphatic imine (C=N–C) groups is 1. The summed E-state index contributed by atoms with van der Waals surface area (Å²) in [5.74, 6) is -2.83. The Bertz CT molecular complexity index is 310. The van der Waals surface area contributed by atoms with Gasteiger partial charge in [0.1, 0.15) is 0 Å². The molecule has 0 aromatic carbocycles. The third-order valence-electron chi connectivity index (χ3n) is 4.35. The van der Waals surface area contributed by atoms with Gasteiger partial charge in [0.25, 0.3) is 5.92 Å². The molecule has 0 heterocycles. The molecule has 0 amide bonds. The second-order valence-electron chi connectivity index (χ2n) is 5.91. The van der Waals surface area contributed by atoms with E-state index in [-0.39, 0.29) is 13.0 Å². The Morgan fingerprint density at radius 2 is 1.79 bits per heavy atom. The lowest BCUT2D eigenvalue weighted by Gasteiger charge is -2.19. The smallest absolute Gasteiger partial charge is 0.252 e. The average Bonchev–Trinajstić information content (AvgIpc) is 2.54. The van der Waals surface area contributed by atoms with Gasteiger partial charge >= 0.3 is 0 Å². The monoisotopic (exact) mass is 273 g/mol. The first-order valence-electron chi connectivity index (χ1n) is 7.52. The molecule has 0 aromatic heterocycles. The third-order valence-corrected chi connectivity index (χ3v) is 4.35. The van der Waals surface area contributed by atoms with E-state index in [1.807, 2.05) is 0 Å². The molecule has 0 aliphatic heterocycles. The van der Waals surface area contributed by atoms with Crippen LogP contribution in [0.15, 0.2) is 4.99 Å². The number of nitrogens with one attached hydrogen (secondary N) is 1. The molecule has 2 fully saturated rings. The van der Waals surface area contributed by atoms with E-state index in [9.17, 15) is 8.78 Å². The molecule has 1 atom stereocenters. The maximum absolute atomic E-state index is 13.4. The van der Waals surface area contributed by atoms with Crippen LogP contribution in [0.1, 0.15) is 57.8 Å². The van der Waals surface area contributed by atoms with Gasteiger partial charge in [-0.25, -0.2) is 8.78 Å². The zero-order valence-corrected chi connectivity index (χ0v) is 11.5. The van der Waals surface area contributed by atoms with Crippen LogP contribution in [0.5, 0.6) is 0 Å². The van der Waals surface area contributed by atoms with Crippen molar-refractivity contribution in [2.45, 2.75) is 69.8 Å². The summed E-state index contributed by atoms with van der Waals surface area (Å²) in [4.78, 5) is 4.13. The Morgan fingerprint density at radius 3 is 2.37 bits per heavy atom. The number of halogens is 2. The molecule has 0 spiro atoms. The second-order valence-corrected chi connectivity index (χ2v) is 5.91. The lowest BCUT2D eigenvalue weighted by Crippen LogP contribution is -2.40. The Morgan fingerprint density at radius 1 is 1.11 bits per heavy atom. The van der Waals surface area contributed by atoms with Crippen molar-refractivity contribution in [1.29, 1.82) is 0 Å². The number of hydrogen-bond donors (Lipinski definition) is 2. The molecule has 3 N–H and O–H groups in total. The highest BCUT2D eigenvalue weighted by atomic mass is 19.3. The highest BCUT2D eigenvalue weighted by Crippen LogP contribution is 2.40. The molecule has 3 nitrogen and oxygen atoms in total. The molecule has 0 aromatic rings. The Labute approximate surface area is 114 Å². The summed E-state index contributed by atoms with van der Waals surface area (Å²) >= 11 is 0. The van der Waals surface area contributed by atoms with Crippen LogP contribution in [0.4, 0.5) is 8.78 Å². The van der Waals surface area contributed by atoms with Crippen molar-refractivity contribution in [3.05, 3.63) is 0 Å². The Balaban J connectivity index is 1.78. The number of hydrogen-bond acceptors (Lipinski definition) is 1. The van der Waals surface area contributed by atoms with E-state index in [0.29, 0.717) is 24.8 Å². The molecule has 5 heteroatoms. The molecule has 0 bridgehead atoms. The van der Waals surface area contributed by atoms with Crippen LogP contribution in [0.2, 0.25) is 0 Å². The average molecular weight is 273 g/mol. The van der Waals surface area contributed by atoms with Crippen LogP contribution in [0.3, 0.4) is 0 Å². The van der Waals surface area contributed by atoms with Gasteiger partial charge in [0.05, 0.1) is 6.54 Å². The molecule has 2 aliphatic carbocycles. The summed E-state index contributed by atoms with van der Waals surface area (Å²) in [5.41, 5.74) is 5.82. The van der Waals surface area contributed by atoms with Crippen molar-refractivity contribution in [3.63, 3.8) is 0 Å². The molecular weight excluding hydrogens is 248 g/mol. The first-order chi connectivity index (χ1) is 9.08. The Kier molecular flexibility index (Phi) is 4.99. The first kappa shape index (κ1) is 14.5. The van der Waals surface area contributed by atoms with Gasteiger partial charge in [-0.2, -0.15) is 0 Å². The molecule has 2 saturated carbocycles. The van der Waals surface area contributed by atoms with E-state index in [0.717, 1.165) is 12.8 Å². The minimum Gasteiger partial charge on any atom is -0.370 e. The normalized spacial score (nSPS) is 29.2. The lowest BCUT2D eigenvalue weighted by molar-refractivity contribution is -0.0330. The Hall–Kier alpha value is -0.870. The predicted molar refractivity (Wildman–Crippen MR) is 73.4 cm³/mol. The van der Waals surface area contributed by atoms with Gasteiger partial charge in [-0.15, -0.1) is 0 Å². The first-order valence-corrected chi connectivity index (χ1v) is 7.52. The van der Waals surface area contributed by atoms with Crippen LogP contribution in [0, 0.1) is 5.92 Å². The van der Waals surface area contributed by atoms with E-state index >= 15 is 0 Å². The highest BCUT2D eigenvalue weighted by molar-refractivity contribution is 5.78. The van der Waals surface area contributed by atoms with Crippen LogP contribution in [-0.2, 0) is 0 Å². The summed E-state index contributed by atoms with van der Waals surface area (Å²) in [7, 11) is 0. The second kappa shape index (κ2) is 6.53. The van der Waals surface area contributed by atoms with Crippen molar-refractivity contribution in [2.24, 2.45) is 16.6 Å². The fraction of sp³-hybridized carbons (Fsp3) is 0.929. The van der Waals surface area contributed by atoms with Crippen molar-refractivity contribution >= 4 is 5.96 Å². The largest absolute Gasteiger partial charge is 0.370 e. The van der Waals surface area contributed by atoms with Gasteiger partial charge in [0, 0.05) is 18.4 Å². The lowest BCUT2D eigenvalue weighted by atomic mass is 10.1. The van der Waals surface area contributed by atoms with Gasteiger partial charge in [-0.1, -0.05) is 25.7 Å². The van der Waals surface area contributed by atoms with Gasteiger partial charge in [0.2, 0.25) is 0 Å². The molecule has 19 heavy (non-hydrogen) atoms. The van der Waals surface area contributed by atoms with Gasteiger partial charge in [0.15, 0.2) is 5.96 Å². The van der Waals surface area contributed by atoms with Gasteiger partial charge in [-0.3, -0.25) is 4.99 Å². The van der Waals surface area contributed by atoms with Crippen LogP contribution in [-0.4, -0.2) is 24.5 Å². The molecule has 1 unspecified atom stereocenters. The number of rotatable bonds is 3. The number of alkyl halides is 2. The standard InChI is InChI=1S/C14H25F2N3/c15-14(16)9-5-6-11(14)10-18-13(17)19-12-7-3-1-2-4-8-12/h11-12H,1-10H2,(H3,17,18,19).